The molecule has 2 heteroatoms. The zero-order valence-electron chi connectivity index (χ0n) is 15.2. The van der Waals surface area contributed by atoms with Crippen molar-refractivity contribution in [3.63, 3.8) is 0 Å². The SMILES string of the molecule is C/C=C\C=C/Cc1c(Cc2c[nH]c(C)c2/C=C\C=C/C)c[nH]c1C. The van der Waals surface area contributed by atoms with Gasteiger partial charge in [0.05, 0.1) is 0 Å². The first kappa shape index (κ1) is 17.9. The summed E-state index contributed by atoms with van der Waals surface area (Å²) in [5.74, 6) is 0. The molecular weight excluding hydrogens is 292 g/mol. The Morgan fingerprint density at radius 3 is 2.25 bits per heavy atom. The number of hydrogen-bond acceptors (Lipinski definition) is 0. The topological polar surface area (TPSA) is 31.6 Å². The van der Waals surface area contributed by atoms with Crippen molar-refractivity contribution in [2.24, 2.45) is 0 Å². The first-order valence-corrected chi connectivity index (χ1v) is 8.57. The Bertz CT molecular complexity index is 764. The van der Waals surface area contributed by atoms with Gasteiger partial charge >= 0.3 is 0 Å². The van der Waals surface area contributed by atoms with Crippen molar-refractivity contribution >= 4 is 6.08 Å². The van der Waals surface area contributed by atoms with Gasteiger partial charge < -0.3 is 9.97 Å². The van der Waals surface area contributed by atoms with Crippen LogP contribution in [0.25, 0.3) is 6.08 Å². The second-order valence-corrected chi connectivity index (χ2v) is 5.99. The molecule has 0 atom stereocenters. The van der Waals surface area contributed by atoms with Crippen LogP contribution >= 0.6 is 0 Å². The summed E-state index contributed by atoms with van der Waals surface area (Å²) in [6, 6.07) is 0. The maximum atomic E-state index is 3.39. The van der Waals surface area contributed by atoms with E-state index in [0.717, 1.165) is 12.8 Å². The predicted octanol–water partition coefficient (Wildman–Crippen LogP) is 5.81. The van der Waals surface area contributed by atoms with Gasteiger partial charge in [0, 0.05) is 30.2 Å². The summed E-state index contributed by atoms with van der Waals surface area (Å²) < 4.78 is 0. The maximum Gasteiger partial charge on any atom is 0.0192 e. The third-order valence-corrected chi connectivity index (χ3v) is 4.23. The second kappa shape index (κ2) is 8.97. The molecule has 0 aliphatic heterocycles. The van der Waals surface area contributed by atoms with E-state index in [2.05, 4.69) is 72.7 Å². The van der Waals surface area contributed by atoms with E-state index >= 15 is 0 Å². The summed E-state index contributed by atoms with van der Waals surface area (Å²) in [7, 11) is 0. The smallest absolute Gasteiger partial charge is 0.0192 e. The minimum atomic E-state index is 0.941. The second-order valence-electron chi connectivity index (χ2n) is 5.99. The zero-order valence-corrected chi connectivity index (χ0v) is 15.2. The first-order chi connectivity index (χ1) is 11.7. The molecule has 0 aliphatic carbocycles. The van der Waals surface area contributed by atoms with E-state index in [4.69, 9.17) is 0 Å². The summed E-state index contributed by atoms with van der Waals surface area (Å²) in [6.07, 6.45) is 23.0. The highest BCUT2D eigenvalue weighted by atomic mass is 14.7. The van der Waals surface area contributed by atoms with Gasteiger partial charge in [0.25, 0.3) is 0 Å². The largest absolute Gasteiger partial charge is 0.365 e. The summed E-state index contributed by atoms with van der Waals surface area (Å²) in [6.45, 7) is 8.35. The summed E-state index contributed by atoms with van der Waals surface area (Å²) in [5.41, 5.74) is 7.88. The van der Waals surface area contributed by atoms with Crippen LogP contribution in [0.2, 0.25) is 0 Å². The molecule has 0 aliphatic rings. The summed E-state index contributed by atoms with van der Waals surface area (Å²) in [4.78, 5) is 6.75. The van der Waals surface area contributed by atoms with Crippen LogP contribution in [0.5, 0.6) is 0 Å². The van der Waals surface area contributed by atoms with Crippen LogP contribution in [0.3, 0.4) is 0 Å². The van der Waals surface area contributed by atoms with Gasteiger partial charge in [-0.2, -0.15) is 0 Å². The predicted molar refractivity (Wildman–Crippen MR) is 105 cm³/mol. The van der Waals surface area contributed by atoms with Crippen LogP contribution in [-0.2, 0) is 12.8 Å². The lowest BCUT2D eigenvalue weighted by molar-refractivity contribution is 1.12. The van der Waals surface area contributed by atoms with Crippen molar-refractivity contribution in [3.05, 3.63) is 88.6 Å². The van der Waals surface area contributed by atoms with E-state index in [1.54, 1.807) is 0 Å². The summed E-state index contributed by atoms with van der Waals surface area (Å²) >= 11 is 0. The number of rotatable bonds is 7. The van der Waals surface area contributed by atoms with Crippen LogP contribution in [0.4, 0.5) is 0 Å². The Morgan fingerprint density at radius 1 is 0.833 bits per heavy atom. The molecule has 0 spiro atoms. The van der Waals surface area contributed by atoms with Crippen molar-refractivity contribution in [1.29, 1.82) is 0 Å². The molecule has 24 heavy (non-hydrogen) atoms. The minimum Gasteiger partial charge on any atom is -0.365 e. The molecule has 2 nitrogen and oxygen atoms in total. The molecule has 2 rings (SSSR count). The number of aryl methyl sites for hydroxylation is 2. The Labute approximate surface area is 145 Å². The highest BCUT2D eigenvalue weighted by Gasteiger charge is 2.11. The van der Waals surface area contributed by atoms with Crippen molar-refractivity contribution in [2.75, 3.05) is 0 Å². The van der Waals surface area contributed by atoms with Crippen LogP contribution in [-0.4, -0.2) is 9.97 Å². The molecule has 0 amide bonds. The Kier molecular flexibility index (Phi) is 6.68. The third kappa shape index (κ3) is 4.51. The molecule has 0 saturated heterocycles. The average Bonchev–Trinajstić information content (AvgIpc) is 3.09. The Morgan fingerprint density at radius 2 is 1.50 bits per heavy atom. The van der Waals surface area contributed by atoms with Gasteiger partial charge in [-0.15, -0.1) is 0 Å². The van der Waals surface area contributed by atoms with E-state index < -0.39 is 0 Å². The van der Waals surface area contributed by atoms with E-state index in [1.807, 2.05) is 26.0 Å². The molecule has 2 N–H and O–H groups in total. The monoisotopic (exact) mass is 320 g/mol. The normalized spacial score (nSPS) is 12.7. The van der Waals surface area contributed by atoms with Gasteiger partial charge in [-0.3, -0.25) is 0 Å². The molecule has 0 radical (unpaired) electrons. The standard InChI is InChI=1S/C22H28N2/c1-5-7-9-11-13-22-18(4)24-16-20(22)14-19-15-23-17(3)21(19)12-10-8-6-2/h5-12,15-16,23-24H,13-14H2,1-4H3/b7-5-,8-6-,11-9-,12-10-. The Hall–Kier alpha value is -2.48. The van der Waals surface area contributed by atoms with Crippen LogP contribution in [0, 0.1) is 13.8 Å². The van der Waals surface area contributed by atoms with Gasteiger partial charge in [-0.1, -0.05) is 48.6 Å². The van der Waals surface area contributed by atoms with Gasteiger partial charge in [-0.25, -0.2) is 0 Å². The molecule has 2 aromatic heterocycles. The molecule has 0 unspecified atom stereocenters. The third-order valence-electron chi connectivity index (χ3n) is 4.23. The van der Waals surface area contributed by atoms with Gasteiger partial charge in [-0.05, 0) is 56.4 Å². The minimum absolute atomic E-state index is 0.941. The van der Waals surface area contributed by atoms with Crippen LogP contribution in [0.15, 0.2) is 54.9 Å². The van der Waals surface area contributed by atoms with Crippen LogP contribution in [0.1, 0.15) is 47.5 Å². The quantitative estimate of drug-likeness (QED) is 0.603. The maximum absolute atomic E-state index is 3.39. The van der Waals surface area contributed by atoms with Crippen molar-refractivity contribution < 1.29 is 0 Å². The van der Waals surface area contributed by atoms with E-state index in [1.165, 1.54) is 33.6 Å². The lowest BCUT2D eigenvalue weighted by Crippen LogP contribution is -1.93. The molecule has 126 valence electrons. The molecule has 0 aromatic carbocycles. The average molecular weight is 320 g/mol. The zero-order chi connectivity index (χ0) is 17.4. The van der Waals surface area contributed by atoms with E-state index in [9.17, 15) is 0 Å². The van der Waals surface area contributed by atoms with Gasteiger partial charge in [0.15, 0.2) is 0 Å². The van der Waals surface area contributed by atoms with E-state index in [0.29, 0.717) is 0 Å². The fourth-order valence-corrected chi connectivity index (χ4v) is 2.87. The number of aromatic amines is 2. The highest BCUT2D eigenvalue weighted by molar-refractivity contribution is 5.59. The van der Waals surface area contributed by atoms with Crippen LogP contribution < -0.4 is 0 Å². The lowest BCUT2D eigenvalue weighted by Gasteiger charge is -2.04. The van der Waals surface area contributed by atoms with Crippen molar-refractivity contribution in [3.8, 4) is 0 Å². The van der Waals surface area contributed by atoms with Gasteiger partial charge in [0.2, 0.25) is 0 Å². The molecule has 0 bridgehead atoms. The van der Waals surface area contributed by atoms with E-state index in [-0.39, 0.29) is 0 Å². The highest BCUT2D eigenvalue weighted by Crippen LogP contribution is 2.23. The van der Waals surface area contributed by atoms with Crippen molar-refractivity contribution in [2.45, 2.75) is 40.5 Å². The molecule has 0 saturated carbocycles. The van der Waals surface area contributed by atoms with Crippen molar-refractivity contribution in [1.82, 2.24) is 9.97 Å². The fourth-order valence-electron chi connectivity index (χ4n) is 2.87. The number of H-pyrrole nitrogens is 2. The number of allylic oxidation sites excluding steroid dienone is 7. The lowest BCUT2D eigenvalue weighted by atomic mass is 9.99. The molecule has 2 aromatic rings. The summed E-state index contributed by atoms with van der Waals surface area (Å²) in [5, 5.41) is 0. The fraction of sp³-hybridized carbons (Fsp3) is 0.273. The number of nitrogens with one attached hydrogen (secondary N) is 2. The Balaban J connectivity index is 2.23. The molecular formula is C22H28N2. The number of aromatic nitrogens is 2. The number of hydrogen-bond donors (Lipinski definition) is 2. The molecule has 0 fully saturated rings. The molecule has 2 heterocycles. The first-order valence-electron chi connectivity index (χ1n) is 8.57. The van der Waals surface area contributed by atoms with Gasteiger partial charge in [0.1, 0.15) is 0 Å².